The van der Waals surface area contributed by atoms with E-state index in [1.807, 2.05) is 0 Å². The van der Waals surface area contributed by atoms with E-state index < -0.39 is 0 Å². The molecular weight excluding hydrogens is 314 g/mol. The molecular formula is C25H40N+. The molecule has 0 amide bonds. The van der Waals surface area contributed by atoms with Crippen LogP contribution in [-0.4, -0.2) is 24.1 Å². The molecule has 0 aliphatic rings. The zero-order chi connectivity index (χ0) is 18.9. The summed E-state index contributed by atoms with van der Waals surface area (Å²) in [5, 5.41) is 0. The maximum atomic E-state index is 2.38. The molecule has 0 heterocycles. The molecule has 1 nitrogen and oxygen atoms in total. The average molecular weight is 355 g/mol. The van der Waals surface area contributed by atoms with Gasteiger partial charge in [0.25, 0.3) is 0 Å². The summed E-state index contributed by atoms with van der Waals surface area (Å²) in [6.07, 6.45) is 21.0. The molecule has 1 rings (SSSR count). The van der Waals surface area contributed by atoms with E-state index in [4.69, 9.17) is 0 Å². The van der Waals surface area contributed by atoms with Gasteiger partial charge in [-0.3, -0.25) is 0 Å². The number of hydrogen-bond acceptors (Lipinski definition) is 0. The van der Waals surface area contributed by atoms with Gasteiger partial charge in [-0.15, -0.1) is 0 Å². The Hall–Kier alpha value is -1.60. The maximum Gasteiger partial charge on any atom is 0.104 e. The Morgan fingerprint density at radius 3 is 1.42 bits per heavy atom. The molecule has 144 valence electrons. The summed E-state index contributed by atoms with van der Waals surface area (Å²) in [7, 11) is 0. The second kappa shape index (κ2) is 14.6. The van der Waals surface area contributed by atoms with Crippen molar-refractivity contribution in [3.63, 3.8) is 0 Å². The highest BCUT2D eigenvalue weighted by Gasteiger charge is 2.25. The Morgan fingerprint density at radius 1 is 0.615 bits per heavy atom. The molecule has 0 aliphatic carbocycles. The number of benzene rings is 1. The van der Waals surface area contributed by atoms with Crippen molar-refractivity contribution in [2.24, 2.45) is 0 Å². The van der Waals surface area contributed by atoms with Gasteiger partial charge in [-0.2, -0.15) is 0 Å². The van der Waals surface area contributed by atoms with Crippen LogP contribution >= 0.6 is 0 Å². The summed E-state index contributed by atoms with van der Waals surface area (Å²) in [6, 6.07) is 11.1. The van der Waals surface area contributed by atoms with Crippen molar-refractivity contribution < 1.29 is 4.48 Å². The largest absolute Gasteiger partial charge is 0.319 e. The van der Waals surface area contributed by atoms with E-state index in [2.05, 4.69) is 87.6 Å². The Balaban J connectivity index is 2.92. The van der Waals surface area contributed by atoms with Crippen LogP contribution in [0.2, 0.25) is 0 Å². The average Bonchev–Trinajstić information content (AvgIpc) is 2.67. The van der Waals surface area contributed by atoms with Crippen LogP contribution < -0.4 is 0 Å². The summed E-state index contributed by atoms with van der Waals surface area (Å²) in [4.78, 5) is 0. The molecule has 0 spiro atoms. The molecule has 0 unspecified atom stereocenters. The highest BCUT2D eigenvalue weighted by Crippen LogP contribution is 2.19. The first-order valence-electron chi connectivity index (χ1n) is 10.6. The number of nitrogens with zero attached hydrogens (tertiary/aromatic N) is 1. The van der Waals surface area contributed by atoms with E-state index in [1.165, 1.54) is 48.9 Å². The van der Waals surface area contributed by atoms with Crippen LogP contribution in [0.3, 0.4) is 0 Å². The molecule has 0 fully saturated rings. The van der Waals surface area contributed by atoms with Gasteiger partial charge < -0.3 is 4.48 Å². The Bertz CT molecular complexity index is 479. The minimum Gasteiger partial charge on any atom is -0.319 e. The smallest absolute Gasteiger partial charge is 0.104 e. The zero-order valence-corrected chi connectivity index (χ0v) is 17.4. The van der Waals surface area contributed by atoms with Crippen LogP contribution in [0.25, 0.3) is 0 Å². The van der Waals surface area contributed by atoms with Gasteiger partial charge in [-0.25, -0.2) is 0 Å². The van der Waals surface area contributed by atoms with Gasteiger partial charge in [-0.05, 0) is 19.3 Å². The molecule has 1 aromatic carbocycles. The lowest BCUT2D eigenvalue weighted by Gasteiger charge is -2.39. The topological polar surface area (TPSA) is 0 Å². The molecule has 26 heavy (non-hydrogen) atoms. The first-order chi connectivity index (χ1) is 12.8. The molecule has 0 aliphatic heterocycles. The lowest BCUT2D eigenvalue weighted by Crippen LogP contribution is -2.49. The lowest BCUT2D eigenvalue weighted by atomic mass is 10.1. The van der Waals surface area contributed by atoms with Crippen molar-refractivity contribution >= 4 is 0 Å². The molecule has 0 bridgehead atoms. The predicted molar refractivity (Wildman–Crippen MR) is 117 cm³/mol. The fourth-order valence-electron chi connectivity index (χ4n) is 3.44. The molecule has 0 saturated carbocycles. The third kappa shape index (κ3) is 9.77. The highest BCUT2D eigenvalue weighted by atomic mass is 15.3. The van der Waals surface area contributed by atoms with E-state index >= 15 is 0 Å². The lowest BCUT2D eigenvalue weighted by molar-refractivity contribution is -0.940. The molecule has 0 aromatic heterocycles. The number of hydrogen-bond donors (Lipinski definition) is 0. The van der Waals surface area contributed by atoms with Crippen molar-refractivity contribution in [3.05, 3.63) is 72.4 Å². The minimum atomic E-state index is 1.14. The maximum absolute atomic E-state index is 2.38. The standard InChI is InChI=1S/C25H40N/c1-4-7-10-16-21-26(22-17-11-8-5-2,23-18-12-9-6-3)24-25-19-14-13-15-20-25/h7-15,19-20H,4-6,16-18,21-24H2,1-3H3/q+1/b10-7+,11-8+,12-9+. The molecule has 0 N–H and O–H groups in total. The van der Waals surface area contributed by atoms with Crippen LogP contribution in [0.1, 0.15) is 64.9 Å². The van der Waals surface area contributed by atoms with Crippen LogP contribution in [-0.2, 0) is 6.54 Å². The number of rotatable bonds is 14. The van der Waals surface area contributed by atoms with Gasteiger partial charge >= 0.3 is 0 Å². The monoisotopic (exact) mass is 354 g/mol. The summed E-state index contributed by atoms with van der Waals surface area (Å²) < 4.78 is 1.18. The summed E-state index contributed by atoms with van der Waals surface area (Å²) in [5.41, 5.74) is 1.46. The molecule has 0 atom stereocenters. The van der Waals surface area contributed by atoms with Crippen molar-refractivity contribution in [2.45, 2.75) is 65.8 Å². The van der Waals surface area contributed by atoms with Crippen molar-refractivity contribution in [2.75, 3.05) is 19.6 Å². The van der Waals surface area contributed by atoms with Crippen LogP contribution in [0.5, 0.6) is 0 Å². The van der Waals surface area contributed by atoms with Crippen LogP contribution in [0, 0.1) is 0 Å². The summed E-state index contributed by atoms with van der Waals surface area (Å²) >= 11 is 0. The van der Waals surface area contributed by atoms with Gasteiger partial charge in [0, 0.05) is 24.8 Å². The summed E-state index contributed by atoms with van der Waals surface area (Å²) in [5.74, 6) is 0. The van der Waals surface area contributed by atoms with Gasteiger partial charge in [0.2, 0.25) is 0 Å². The van der Waals surface area contributed by atoms with Crippen molar-refractivity contribution in [3.8, 4) is 0 Å². The van der Waals surface area contributed by atoms with Gasteiger partial charge in [0.05, 0.1) is 19.6 Å². The molecule has 1 heteroatoms. The zero-order valence-electron chi connectivity index (χ0n) is 17.4. The van der Waals surface area contributed by atoms with E-state index in [9.17, 15) is 0 Å². The summed E-state index contributed by atoms with van der Waals surface area (Å²) in [6.45, 7) is 11.5. The first-order valence-corrected chi connectivity index (χ1v) is 10.6. The second-order valence-electron chi connectivity index (χ2n) is 7.16. The third-order valence-electron chi connectivity index (χ3n) is 4.88. The molecule has 1 aromatic rings. The van der Waals surface area contributed by atoms with Gasteiger partial charge in [-0.1, -0.05) is 87.6 Å². The quantitative estimate of drug-likeness (QED) is 0.247. The first kappa shape index (κ1) is 22.4. The minimum absolute atomic E-state index is 1.14. The molecule has 0 radical (unpaired) electrons. The van der Waals surface area contributed by atoms with Gasteiger partial charge in [0.1, 0.15) is 6.54 Å². The SMILES string of the molecule is CC/C=C/CC[N+](CC/C=C/CC)(CC/C=C/CC)Cc1ccccc1. The Labute approximate surface area is 162 Å². The van der Waals surface area contributed by atoms with Crippen LogP contribution in [0.15, 0.2) is 66.8 Å². The number of quaternary nitrogens is 1. The van der Waals surface area contributed by atoms with E-state index in [-0.39, 0.29) is 0 Å². The third-order valence-corrected chi connectivity index (χ3v) is 4.88. The van der Waals surface area contributed by atoms with E-state index in [0.29, 0.717) is 0 Å². The van der Waals surface area contributed by atoms with Gasteiger partial charge in [0.15, 0.2) is 0 Å². The Kier molecular flexibility index (Phi) is 12.6. The molecule has 0 saturated heterocycles. The fourth-order valence-corrected chi connectivity index (χ4v) is 3.44. The second-order valence-corrected chi connectivity index (χ2v) is 7.16. The van der Waals surface area contributed by atoms with Crippen molar-refractivity contribution in [1.29, 1.82) is 0 Å². The normalized spacial score (nSPS) is 12.7. The van der Waals surface area contributed by atoms with E-state index in [0.717, 1.165) is 25.8 Å². The Morgan fingerprint density at radius 2 is 1.04 bits per heavy atom. The highest BCUT2D eigenvalue weighted by molar-refractivity contribution is 5.13. The van der Waals surface area contributed by atoms with Crippen molar-refractivity contribution in [1.82, 2.24) is 0 Å². The predicted octanol–water partition coefficient (Wildman–Crippen LogP) is 7.07. The fraction of sp³-hybridized carbons (Fsp3) is 0.520. The van der Waals surface area contributed by atoms with E-state index in [1.54, 1.807) is 0 Å². The number of allylic oxidation sites excluding steroid dienone is 3. The van der Waals surface area contributed by atoms with Crippen LogP contribution in [0.4, 0.5) is 0 Å².